The molecular formula is C22H45N. The predicted octanol–water partition coefficient (Wildman–Crippen LogP) is 6.33. The first-order valence-corrected chi connectivity index (χ1v) is 10.1. The van der Waals surface area contributed by atoms with E-state index in [-0.39, 0.29) is 0 Å². The first-order chi connectivity index (χ1) is 10.4. The molecule has 0 aromatic heterocycles. The molecule has 0 radical (unpaired) electrons. The maximum absolute atomic E-state index is 2.87. The van der Waals surface area contributed by atoms with Crippen LogP contribution in [0.3, 0.4) is 0 Å². The van der Waals surface area contributed by atoms with Gasteiger partial charge in [0.2, 0.25) is 0 Å². The lowest BCUT2D eigenvalue weighted by molar-refractivity contribution is 0.0416. The minimum Gasteiger partial charge on any atom is -0.297 e. The summed E-state index contributed by atoms with van der Waals surface area (Å²) in [6, 6.07) is 1.36. The second kappa shape index (κ2) is 7.89. The zero-order valence-corrected chi connectivity index (χ0v) is 18.0. The maximum atomic E-state index is 2.87. The minimum atomic E-state index is 0.384. The molecule has 1 heterocycles. The summed E-state index contributed by atoms with van der Waals surface area (Å²) in [6.45, 7) is 28.2. The van der Waals surface area contributed by atoms with Crippen LogP contribution in [0, 0.1) is 40.9 Å². The largest absolute Gasteiger partial charge is 0.297 e. The third-order valence-corrected chi connectivity index (χ3v) is 6.46. The molecule has 0 saturated carbocycles. The van der Waals surface area contributed by atoms with E-state index in [4.69, 9.17) is 0 Å². The van der Waals surface area contributed by atoms with Crippen molar-refractivity contribution in [3.8, 4) is 0 Å². The highest BCUT2D eigenvalue weighted by Gasteiger charge is 2.45. The van der Waals surface area contributed by atoms with Crippen molar-refractivity contribution >= 4 is 0 Å². The summed E-state index contributed by atoms with van der Waals surface area (Å²) in [7, 11) is 0. The van der Waals surface area contributed by atoms with Gasteiger partial charge in [0.05, 0.1) is 0 Å². The highest BCUT2D eigenvalue weighted by Crippen LogP contribution is 2.46. The summed E-state index contributed by atoms with van der Waals surface area (Å²) in [4.78, 5) is 2.87. The molecule has 1 aliphatic rings. The lowest BCUT2D eigenvalue weighted by Gasteiger charge is -2.44. The predicted molar refractivity (Wildman–Crippen MR) is 105 cm³/mol. The molecule has 1 fully saturated rings. The van der Waals surface area contributed by atoms with E-state index in [2.05, 4.69) is 81.1 Å². The van der Waals surface area contributed by atoms with E-state index in [9.17, 15) is 0 Å². The molecule has 4 atom stereocenters. The van der Waals surface area contributed by atoms with Crippen LogP contribution in [0.2, 0.25) is 0 Å². The van der Waals surface area contributed by atoms with E-state index >= 15 is 0 Å². The lowest BCUT2D eigenvalue weighted by Crippen LogP contribution is -2.50. The Kier molecular flexibility index (Phi) is 7.21. The Labute approximate surface area is 147 Å². The number of rotatable bonds is 4. The molecule has 0 amide bonds. The van der Waals surface area contributed by atoms with Crippen molar-refractivity contribution in [1.29, 1.82) is 0 Å². The fourth-order valence-corrected chi connectivity index (χ4v) is 5.10. The molecule has 1 saturated heterocycles. The molecule has 0 aromatic rings. The Bertz CT molecular complexity index is 347. The quantitative estimate of drug-likeness (QED) is 0.584. The van der Waals surface area contributed by atoms with Crippen LogP contribution in [-0.4, -0.2) is 23.5 Å². The smallest absolute Gasteiger partial charge is 0.0152 e. The summed E-state index contributed by atoms with van der Waals surface area (Å²) >= 11 is 0. The van der Waals surface area contributed by atoms with Gasteiger partial charge in [-0.2, -0.15) is 0 Å². The van der Waals surface area contributed by atoms with Crippen LogP contribution in [0.1, 0.15) is 82.6 Å². The third-order valence-electron chi connectivity index (χ3n) is 6.46. The normalized spacial score (nSPS) is 31.4. The van der Waals surface area contributed by atoms with Gasteiger partial charge in [0.1, 0.15) is 0 Å². The first-order valence-electron chi connectivity index (χ1n) is 10.1. The Morgan fingerprint density at radius 3 is 1.52 bits per heavy atom. The van der Waals surface area contributed by atoms with Crippen LogP contribution in [-0.2, 0) is 0 Å². The van der Waals surface area contributed by atoms with Crippen LogP contribution in [0.15, 0.2) is 0 Å². The SMILES string of the molecule is CC(C)C1CC(C(C)C)C(C(C)(C)C)CN(C(C)C)C1C(C)C. The van der Waals surface area contributed by atoms with Crippen molar-refractivity contribution in [2.45, 2.75) is 94.7 Å². The lowest BCUT2D eigenvalue weighted by atomic mass is 9.66. The summed E-state index contributed by atoms with van der Waals surface area (Å²) < 4.78 is 0. The average molecular weight is 324 g/mol. The Hall–Kier alpha value is -0.0400. The molecule has 0 spiro atoms. The highest BCUT2D eigenvalue weighted by molar-refractivity contribution is 4.96. The van der Waals surface area contributed by atoms with Crippen LogP contribution < -0.4 is 0 Å². The van der Waals surface area contributed by atoms with E-state index < -0.39 is 0 Å². The van der Waals surface area contributed by atoms with Gasteiger partial charge in [-0.1, -0.05) is 62.3 Å². The van der Waals surface area contributed by atoms with E-state index in [0.717, 1.165) is 41.5 Å². The molecule has 1 nitrogen and oxygen atoms in total. The molecule has 1 aliphatic heterocycles. The van der Waals surface area contributed by atoms with E-state index in [1.54, 1.807) is 0 Å². The maximum Gasteiger partial charge on any atom is 0.0152 e. The van der Waals surface area contributed by atoms with Gasteiger partial charge in [-0.3, -0.25) is 4.90 Å². The minimum absolute atomic E-state index is 0.384. The molecule has 138 valence electrons. The second-order valence-corrected chi connectivity index (χ2v) is 10.5. The molecular weight excluding hydrogens is 278 g/mol. The van der Waals surface area contributed by atoms with Crippen molar-refractivity contribution < 1.29 is 0 Å². The summed E-state index contributed by atoms with van der Waals surface area (Å²) in [5, 5.41) is 0. The topological polar surface area (TPSA) is 3.24 Å². The number of hydrogen-bond donors (Lipinski definition) is 0. The van der Waals surface area contributed by atoms with Crippen LogP contribution in [0.5, 0.6) is 0 Å². The number of nitrogens with zero attached hydrogens (tertiary/aromatic N) is 1. The second-order valence-electron chi connectivity index (χ2n) is 10.5. The molecule has 4 unspecified atom stereocenters. The van der Waals surface area contributed by atoms with Crippen LogP contribution in [0.4, 0.5) is 0 Å². The Morgan fingerprint density at radius 1 is 0.739 bits per heavy atom. The fraction of sp³-hybridized carbons (Fsp3) is 1.00. The van der Waals surface area contributed by atoms with Crippen molar-refractivity contribution in [2.75, 3.05) is 6.54 Å². The van der Waals surface area contributed by atoms with Crippen molar-refractivity contribution in [2.24, 2.45) is 40.9 Å². The number of likely N-dealkylation sites (tertiary alicyclic amines) is 1. The first kappa shape index (κ1) is 21.0. The molecule has 1 heteroatoms. The molecule has 1 rings (SSSR count). The van der Waals surface area contributed by atoms with Gasteiger partial charge in [-0.15, -0.1) is 0 Å². The van der Waals surface area contributed by atoms with Crippen LogP contribution >= 0.6 is 0 Å². The zero-order valence-electron chi connectivity index (χ0n) is 18.0. The van der Waals surface area contributed by atoms with E-state index in [0.29, 0.717) is 11.5 Å². The summed E-state index contributed by atoms with van der Waals surface area (Å²) in [6.07, 6.45) is 1.41. The van der Waals surface area contributed by atoms with Gasteiger partial charge in [0.15, 0.2) is 0 Å². The summed E-state index contributed by atoms with van der Waals surface area (Å²) in [5.41, 5.74) is 0.384. The molecule has 0 aliphatic carbocycles. The molecule has 0 bridgehead atoms. The fourth-order valence-electron chi connectivity index (χ4n) is 5.10. The Morgan fingerprint density at radius 2 is 1.22 bits per heavy atom. The van der Waals surface area contributed by atoms with E-state index in [1.807, 2.05) is 0 Å². The summed E-state index contributed by atoms with van der Waals surface area (Å²) in [5.74, 6) is 4.72. The highest BCUT2D eigenvalue weighted by atomic mass is 15.2. The molecule has 0 N–H and O–H groups in total. The monoisotopic (exact) mass is 323 g/mol. The van der Waals surface area contributed by atoms with E-state index in [1.165, 1.54) is 13.0 Å². The van der Waals surface area contributed by atoms with Gasteiger partial charge in [-0.25, -0.2) is 0 Å². The van der Waals surface area contributed by atoms with Gasteiger partial charge in [0, 0.05) is 18.6 Å². The average Bonchev–Trinajstić information content (AvgIpc) is 2.54. The van der Waals surface area contributed by atoms with Crippen molar-refractivity contribution in [1.82, 2.24) is 4.90 Å². The molecule has 0 aromatic carbocycles. The Balaban J connectivity index is 3.36. The molecule has 23 heavy (non-hydrogen) atoms. The van der Waals surface area contributed by atoms with Crippen LogP contribution in [0.25, 0.3) is 0 Å². The van der Waals surface area contributed by atoms with Crippen molar-refractivity contribution in [3.63, 3.8) is 0 Å². The van der Waals surface area contributed by atoms with Crippen molar-refractivity contribution in [3.05, 3.63) is 0 Å². The zero-order chi connectivity index (χ0) is 18.1. The van der Waals surface area contributed by atoms with Gasteiger partial charge < -0.3 is 0 Å². The van der Waals surface area contributed by atoms with Gasteiger partial charge >= 0.3 is 0 Å². The van der Waals surface area contributed by atoms with Gasteiger partial charge in [0.25, 0.3) is 0 Å². The standard InChI is InChI=1S/C22H45N/c1-14(2)18-12-19(15(3)4)21(16(5)6)23(17(7)8)13-20(18)22(9,10)11/h14-21H,12-13H2,1-11H3. The van der Waals surface area contributed by atoms with Gasteiger partial charge in [-0.05, 0) is 61.2 Å². The number of hydrogen-bond acceptors (Lipinski definition) is 1. The third kappa shape index (κ3) is 4.97.